The number of nitrogens with zero attached hydrogens (tertiary/aromatic N) is 2. The Morgan fingerprint density at radius 2 is 2.19 bits per heavy atom. The molecule has 3 nitrogen and oxygen atoms in total. The van der Waals surface area contributed by atoms with Gasteiger partial charge in [-0.3, -0.25) is 4.99 Å². The number of aliphatic hydroxyl groups excluding tert-OH is 1. The van der Waals surface area contributed by atoms with Crippen LogP contribution < -0.4 is 0 Å². The predicted octanol–water partition coefficient (Wildman–Crippen LogP) is 2.05. The molecule has 1 fully saturated rings. The summed E-state index contributed by atoms with van der Waals surface area (Å²) in [4.78, 5) is 7.13. The highest BCUT2D eigenvalue weighted by Gasteiger charge is 2.31. The van der Waals surface area contributed by atoms with E-state index in [1.165, 1.54) is 25.1 Å². The van der Waals surface area contributed by atoms with Crippen LogP contribution in [0.1, 0.15) is 45.4 Å². The maximum absolute atomic E-state index is 10.2. The van der Waals surface area contributed by atoms with Gasteiger partial charge in [0.2, 0.25) is 0 Å². The van der Waals surface area contributed by atoms with Crippen molar-refractivity contribution in [2.24, 2.45) is 10.9 Å². The van der Waals surface area contributed by atoms with Crippen molar-refractivity contribution in [1.82, 2.24) is 4.90 Å². The summed E-state index contributed by atoms with van der Waals surface area (Å²) in [5, 5.41) is 10.2. The van der Waals surface area contributed by atoms with Crippen molar-refractivity contribution < 1.29 is 5.11 Å². The van der Waals surface area contributed by atoms with Crippen LogP contribution in [-0.2, 0) is 0 Å². The van der Waals surface area contributed by atoms with Gasteiger partial charge in [0.15, 0.2) is 0 Å². The zero-order chi connectivity index (χ0) is 11.4. The Balaban J connectivity index is 2.08. The van der Waals surface area contributed by atoms with E-state index in [1.807, 2.05) is 0 Å². The molecule has 3 heteroatoms. The Kier molecular flexibility index (Phi) is 4.22. The third-order valence-corrected chi connectivity index (χ3v) is 3.76. The molecule has 2 rings (SSSR count). The fourth-order valence-electron chi connectivity index (χ4n) is 2.89. The molecule has 1 saturated heterocycles. The number of aliphatic hydroxyl groups is 1. The molecule has 1 N–H and O–H groups in total. The second-order valence-electron chi connectivity index (χ2n) is 5.04. The normalized spacial score (nSPS) is 28.0. The van der Waals surface area contributed by atoms with Gasteiger partial charge in [0, 0.05) is 25.6 Å². The molecular formula is C13H24N2O. The molecule has 2 aliphatic heterocycles. The van der Waals surface area contributed by atoms with Crippen LogP contribution in [0.2, 0.25) is 0 Å². The molecule has 0 aromatic heterocycles. The van der Waals surface area contributed by atoms with Gasteiger partial charge < -0.3 is 10.0 Å². The van der Waals surface area contributed by atoms with Crippen LogP contribution in [0.4, 0.5) is 0 Å². The second kappa shape index (κ2) is 5.67. The minimum Gasteiger partial charge on any atom is -0.392 e. The molecule has 0 amide bonds. The van der Waals surface area contributed by atoms with Gasteiger partial charge >= 0.3 is 0 Å². The summed E-state index contributed by atoms with van der Waals surface area (Å²) >= 11 is 0. The molecule has 0 aliphatic carbocycles. The van der Waals surface area contributed by atoms with E-state index in [0.717, 1.165) is 38.9 Å². The topological polar surface area (TPSA) is 35.8 Å². The molecular weight excluding hydrogens is 200 g/mol. The van der Waals surface area contributed by atoms with Crippen LogP contribution >= 0.6 is 0 Å². The Morgan fingerprint density at radius 1 is 1.38 bits per heavy atom. The summed E-state index contributed by atoms with van der Waals surface area (Å²) < 4.78 is 0. The van der Waals surface area contributed by atoms with Gasteiger partial charge in [-0.05, 0) is 32.1 Å². The third-order valence-electron chi connectivity index (χ3n) is 3.76. The number of fused-ring (bicyclic) bond motifs is 1. The first kappa shape index (κ1) is 11.9. The quantitative estimate of drug-likeness (QED) is 0.796. The van der Waals surface area contributed by atoms with E-state index in [0.29, 0.717) is 5.92 Å². The van der Waals surface area contributed by atoms with Crippen LogP contribution in [0.25, 0.3) is 0 Å². The van der Waals surface area contributed by atoms with Gasteiger partial charge in [-0.15, -0.1) is 0 Å². The number of amidine groups is 1. The van der Waals surface area contributed by atoms with E-state index < -0.39 is 0 Å². The molecule has 2 heterocycles. The molecule has 0 saturated carbocycles. The average Bonchev–Trinajstić information content (AvgIpc) is 2.53. The predicted molar refractivity (Wildman–Crippen MR) is 66.7 cm³/mol. The van der Waals surface area contributed by atoms with Crippen LogP contribution in [-0.4, -0.2) is 41.6 Å². The summed E-state index contributed by atoms with van der Waals surface area (Å²) in [6, 6.07) is 0. The van der Waals surface area contributed by atoms with Gasteiger partial charge in [-0.1, -0.05) is 13.3 Å². The Hall–Kier alpha value is -0.570. The lowest BCUT2D eigenvalue weighted by Gasteiger charge is -2.37. The summed E-state index contributed by atoms with van der Waals surface area (Å²) in [7, 11) is 0. The number of rotatable bonds is 3. The molecule has 2 unspecified atom stereocenters. The van der Waals surface area contributed by atoms with Crippen LogP contribution in [0.5, 0.6) is 0 Å². The van der Waals surface area contributed by atoms with Gasteiger partial charge in [-0.2, -0.15) is 0 Å². The average molecular weight is 224 g/mol. The number of hydrogen-bond acceptors (Lipinski definition) is 3. The molecule has 2 atom stereocenters. The van der Waals surface area contributed by atoms with Crippen molar-refractivity contribution >= 4 is 5.84 Å². The fraction of sp³-hybridized carbons (Fsp3) is 0.923. The zero-order valence-corrected chi connectivity index (χ0v) is 10.4. The van der Waals surface area contributed by atoms with Crippen molar-refractivity contribution in [2.45, 2.75) is 51.6 Å². The largest absolute Gasteiger partial charge is 0.392 e. The smallest absolute Gasteiger partial charge is 0.105 e. The summed E-state index contributed by atoms with van der Waals surface area (Å²) in [5.74, 6) is 1.52. The molecule has 0 aromatic rings. The molecule has 92 valence electrons. The van der Waals surface area contributed by atoms with Gasteiger partial charge in [-0.25, -0.2) is 0 Å². The monoisotopic (exact) mass is 224 g/mol. The summed E-state index contributed by atoms with van der Waals surface area (Å²) in [6.45, 7) is 5.39. The fourth-order valence-corrected chi connectivity index (χ4v) is 2.89. The summed E-state index contributed by atoms with van der Waals surface area (Å²) in [5.41, 5.74) is 0. The first-order chi connectivity index (χ1) is 7.83. The molecule has 0 bridgehead atoms. The molecule has 16 heavy (non-hydrogen) atoms. The molecule has 0 aromatic carbocycles. The lowest BCUT2D eigenvalue weighted by molar-refractivity contribution is 0.107. The van der Waals surface area contributed by atoms with Crippen molar-refractivity contribution in [1.29, 1.82) is 0 Å². The van der Waals surface area contributed by atoms with Crippen LogP contribution in [0.3, 0.4) is 0 Å². The number of aliphatic imine (C=N–C) groups is 1. The van der Waals surface area contributed by atoms with E-state index in [-0.39, 0.29) is 6.10 Å². The van der Waals surface area contributed by atoms with E-state index in [1.54, 1.807) is 0 Å². The molecule has 2 aliphatic rings. The first-order valence-electron chi connectivity index (χ1n) is 6.80. The van der Waals surface area contributed by atoms with Crippen molar-refractivity contribution in [3.8, 4) is 0 Å². The molecule has 0 radical (unpaired) electrons. The highest BCUT2D eigenvalue weighted by Crippen LogP contribution is 2.26. The minimum atomic E-state index is -0.176. The Bertz CT molecular complexity index is 252. The van der Waals surface area contributed by atoms with Gasteiger partial charge in [0.1, 0.15) is 5.84 Å². The lowest BCUT2D eigenvalue weighted by atomic mass is 9.89. The van der Waals surface area contributed by atoms with Crippen molar-refractivity contribution in [3.05, 3.63) is 0 Å². The zero-order valence-electron chi connectivity index (χ0n) is 10.4. The standard InChI is InChI=1S/C13H24N2O/c1-2-6-12(16)11-7-5-10-15-9-4-3-8-14-13(11)15/h11-12,16H,2-10H2,1H3. The summed E-state index contributed by atoms with van der Waals surface area (Å²) in [6.07, 6.45) is 6.59. The maximum atomic E-state index is 10.2. The van der Waals surface area contributed by atoms with E-state index in [9.17, 15) is 5.11 Å². The van der Waals surface area contributed by atoms with Gasteiger partial charge in [0.05, 0.1) is 6.10 Å². The highest BCUT2D eigenvalue weighted by atomic mass is 16.3. The lowest BCUT2D eigenvalue weighted by Crippen LogP contribution is -2.45. The Labute approximate surface area is 98.6 Å². The molecule has 0 spiro atoms. The van der Waals surface area contributed by atoms with Crippen LogP contribution in [0.15, 0.2) is 4.99 Å². The Morgan fingerprint density at radius 3 is 3.00 bits per heavy atom. The van der Waals surface area contributed by atoms with E-state index in [4.69, 9.17) is 4.99 Å². The van der Waals surface area contributed by atoms with Crippen molar-refractivity contribution in [3.63, 3.8) is 0 Å². The second-order valence-corrected chi connectivity index (χ2v) is 5.04. The highest BCUT2D eigenvalue weighted by molar-refractivity contribution is 5.86. The van der Waals surface area contributed by atoms with E-state index in [2.05, 4.69) is 11.8 Å². The SMILES string of the molecule is CCCC(O)C1CCCN2CCCCN=C12. The van der Waals surface area contributed by atoms with Gasteiger partial charge in [0.25, 0.3) is 0 Å². The minimum absolute atomic E-state index is 0.176. The first-order valence-corrected chi connectivity index (χ1v) is 6.80. The number of piperidine rings is 1. The third kappa shape index (κ3) is 2.57. The van der Waals surface area contributed by atoms with E-state index >= 15 is 0 Å². The van der Waals surface area contributed by atoms with Crippen molar-refractivity contribution in [2.75, 3.05) is 19.6 Å². The maximum Gasteiger partial charge on any atom is 0.105 e. The number of hydrogen-bond donors (Lipinski definition) is 1. The van der Waals surface area contributed by atoms with Crippen LogP contribution in [0, 0.1) is 5.92 Å².